The smallest absolute Gasteiger partial charge is 0.306 e. The van der Waals surface area contributed by atoms with Crippen LogP contribution in [0.4, 0.5) is 0 Å². The number of carbonyl (C=O) groups is 2. The molecule has 30 heavy (non-hydrogen) atoms. The summed E-state index contributed by atoms with van der Waals surface area (Å²) in [5, 5.41) is 9.06. The maximum absolute atomic E-state index is 11.1. The van der Waals surface area contributed by atoms with Crippen LogP contribution in [0.25, 0.3) is 0 Å². The van der Waals surface area contributed by atoms with Crippen LogP contribution >= 0.6 is 0 Å². The first-order valence-electron chi connectivity index (χ1n) is 10.2. The van der Waals surface area contributed by atoms with Gasteiger partial charge in [-0.25, -0.2) is 0 Å². The molecule has 6 heteroatoms. The molecule has 2 aromatic rings. The third-order valence-electron chi connectivity index (χ3n) is 5.38. The molecular weight excluding hydrogens is 384 g/mol. The van der Waals surface area contributed by atoms with Gasteiger partial charge in [-0.2, -0.15) is 0 Å². The van der Waals surface area contributed by atoms with Gasteiger partial charge in [-0.3, -0.25) is 9.59 Å². The fourth-order valence-electron chi connectivity index (χ4n) is 3.57. The summed E-state index contributed by atoms with van der Waals surface area (Å²) in [6, 6.07) is 13.1. The summed E-state index contributed by atoms with van der Waals surface area (Å²) >= 11 is 0. The molecule has 1 aliphatic rings. The minimum Gasteiger partial charge on any atom is -0.493 e. The number of hydrogen-bond donors (Lipinski definition) is 1. The van der Waals surface area contributed by atoms with Gasteiger partial charge in [-0.15, -0.1) is 0 Å². The van der Waals surface area contributed by atoms with Crippen molar-refractivity contribution in [2.45, 2.75) is 38.9 Å². The Balaban J connectivity index is 1.45. The predicted octanol–water partition coefficient (Wildman–Crippen LogP) is 4.15. The van der Waals surface area contributed by atoms with Crippen molar-refractivity contribution in [1.29, 1.82) is 0 Å². The molecule has 1 aliphatic carbocycles. The number of carboxylic acid groups (broad SMARTS) is 1. The standard InChI is InChI=1S/C24H28O6/c1-16(24(26)27)8-17-4-3-5-21(9-17)29-14-18-10-23(11-18)30-22-7-6-19(13-25)20(12-22)15-28-2/h3-7,9,12-13,16,18,23H,8,10-11,14-15H2,1-2H3,(H,26,27). The minimum absolute atomic E-state index is 0.138. The zero-order chi connectivity index (χ0) is 21.5. The minimum atomic E-state index is -0.794. The second kappa shape index (κ2) is 10.3. The van der Waals surface area contributed by atoms with Crippen molar-refractivity contribution >= 4 is 12.3 Å². The summed E-state index contributed by atoms with van der Waals surface area (Å²) in [6.07, 6.45) is 3.26. The van der Waals surface area contributed by atoms with E-state index in [4.69, 9.17) is 19.3 Å². The number of aliphatic carboxylic acids is 1. The van der Waals surface area contributed by atoms with Crippen LogP contribution in [0, 0.1) is 11.8 Å². The van der Waals surface area contributed by atoms with Crippen molar-refractivity contribution in [3.8, 4) is 11.5 Å². The number of carbonyl (C=O) groups excluding carboxylic acids is 1. The van der Waals surface area contributed by atoms with E-state index in [9.17, 15) is 9.59 Å². The highest BCUT2D eigenvalue weighted by molar-refractivity contribution is 5.77. The predicted molar refractivity (Wildman–Crippen MR) is 112 cm³/mol. The molecule has 0 saturated heterocycles. The maximum atomic E-state index is 11.1. The molecule has 0 spiro atoms. The molecule has 2 aromatic carbocycles. The van der Waals surface area contributed by atoms with Crippen LogP contribution in [0.5, 0.6) is 11.5 Å². The molecule has 0 bridgehead atoms. The van der Waals surface area contributed by atoms with Gasteiger partial charge in [0.15, 0.2) is 0 Å². The zero-order valence-electron chi connectivity index (χ0n) is 17.4. The number of carboxylic acids is 1. The fourth-order valence-corrected chi connectivity index (χ4v) is 3.57. The van der Waals surface area contributed by atoms with Crippen molar-refractivity contribution in [3.05, 3.63) is 59.2 Å². The van der Waals surface area contributed by atoms with Gasteiger partial charge in [-0.1, -0.05) is 19.1 Å². The third kappa shape index (κ3) is 5.83. The quantitative estimate of drug-likeness (QED) is 0.559. The lowest BCUT2D eigenvalue weighted by atomic mass is 9.83. The Morgan fingerprint density at radius 1 is 1.20 bits per heavy atom. The van der Waals surface area contributed by atoms with Crippen LogP contribution in [-0.4, -0.2) is 37.2 Å². The topological polar surface area (TPSA) is 82.1 Å². The Kier molecular flexibility index (Phi) is 7.46. The lowest BCUT2D eigenvalue weighted by Gasteiger charge is -2.35. The lowest BCUT2D eigenvalue weighted by molar-refractivity contribution is -0.141. The Labute approximate surface area is 176 Å². The van der Waals surface area contributed by atoms with Gasteiger partial charge < -0.3 is 19.3 Å². The normalized spacial score (nSPS) is 18.9. The molecule has 0 aliphatic heterocycles. The van der Waals surface area contributed by atoms with Crippen molar-refractivity contribution in [2.75, 3.05) is 13.7 Å². The molecule has 0 radical (unpaired) electrons. The van der Waals surface area contributed by atoms with Gasteiger partial charge in [0.2, 0.25) is 0 Å². The van der Waals surface area contributed by atoms with E-state index in [2.05, 4.69) is 0 Å². The van der Waals surface area contributed by atoms with Gasteiger partial charge >= 0.3 is 5.97 Å². The van der Waals surface area contributed by atoms with E-state index in [1.54, 1.807) is 20.1 Å². The van der Waals surface area contributed by atoms with Crippen LogP contribution in [0.1, 0.15) is 41.3 Å². The van der Waals surface area contributed by atoms with Gasteiger partial charge in [0.1, 0.15) is 17.8 Å². The molecule has 160 valence electrons. The van der Waals surface area contributed by atoms with E-state index < -0.39 is 11.9 Å². The average Bonchev–Trinajstić information content (AvgIpc) is 2.70. The molecule has 0 amide bonds. The van der Waals surface area contributed by atoms with E-state index in [1.165, 1.54) is 0 Å². The summed E-state index contributed by atoms with van der Waals surface area (Å²) in [5.41, 5.74) is 2.40. The maximum Gasteiger partial charge on any atom is 0.306 e. The third-order valence-corrected chi connectivity index (χ3v) is 5.38. The van der Waals surface area contributed by atoms with Crippen LogP contribution in [0.2, 0.25) is 0 Å². The first-order valence-corrected chi connectivity index (χ1v) is 10.2. The van der Waals surface area contributed by atoms with Crippen molar-refractivity contribution in [1.82, 2.24) is 0 Å². The van der Waals surface area contributed by atoms with E-state index in [0.717, 1.165) is 41.8 Å². The number of hydrogen-bond acceptors (Lipinski definition) is 5. The second-order valence-corrected chi connectivity index (χ2v) is 7.89. The zero-order valence-corrected chi connectivity index (χ0v) is 17.4. The Hall–Kier alpha value is -2.86. The van der Waals surface area contributed by atoms with Gasteiger partial charge in [0.05, 0.1) is 25.2 Å². The van der Waals surface area contributed by atoms with Crippen molar-refractivity contribution in [3.63, 3.8) is 0 Å². The van der Waals surface area contributed by atoms with E-state index in [-0.39, 0.29) is 6.10 Å². The highest BCUT2D eigenvalue weighted by Gasteiger charge is 2.31. The monoisotopic (exact) mass is 412 g/mol. The highest BCUT2D eigenvalue weighted by Crippen LogP contribution is 2.32. The largest absolute Gasteiger partial charge is 0.493 e. The molecule has 0 heterocycles. The first kappa shape index (κ1) is 21.8. The van der Waals surface area contributed by atoms with E-state index in [0.29, 0.717) is 31.1 Å². The number of rotatable bonds is 11. The SMILES string of the molecule is COCc1cc(OC2CC(COc3cccc(CC(C)C(=O)O)c3)C2)ccc1C=O. The van der Waals surface area contributed by atoms with Crippen molar-refractivity contribution < 1.29 is 28.9 Å². The Morgan fingerprint density at radius 3 is 2.70 bits per heavy atom. The van der Waals surface area contributed by atoms with Gasteiger partial charge in [0, 0.05) is 12.7 Å². The molecular formula is C24H28O6. The molecule has 1 unspecified atom stereocenters. The first-order chi connectivity index (χ1) is 14.5. The van der Waals surface area contributed by atoms with Crippen LogP contribution in [0.3, 0.4) is 0 Å². The Bertz CT molecular complexity index is 872. The second-order valence-electron chi connectivity index (χ2n) is 7.89. The average molecular weight is 412 g/mol. The molecule has 1 saturated carbocycles. The number of aldehydes is 1. The van der Waals surface area contributed by atoms with Crippen LogP contribution in [-0.2, 0) is 22.6 Å². The lowest BCUT2D eigenvalue weighted by Crippen LogP contribution is -2.37. The van der Waals surface area contributed by atoms with Crippen LogP contribution < -0.4 is 9.47 Å². The molecule has 6 nitrogen and oxygen atoms in total. The highest BCUT2D eigenvalue weighted by atomic mass is 16.5. The summed E-state index contributed by atoms with van der Waals surface area (Å²) < 4.78 is 17.1. The van der Waals surface area contributed by atoms with Crippen LogP contribution in [0.15, 0.2) is 42.5 Å². The summed E-state index contributed by atoms with van der Waals surface area (Å²) in [6.45, 7) is 2.68. The van der Waals surface area contributed by atoms with E-state index in [1.807, 2.05) is 36.4 Å². The Morgan fingerprint density at radius 2 is 2.00 bits per heavy atom. The number of methoxy groups -OCH3 is 1. The fraction of sp³-hybridized carbons (Fsp3) is 0.417. The van der Waals surface area contributed by atoms with Gasteiger partial charge in [-0.05, 0) is 66.6 Å². The number of benzene rings is 2. The van der Waals surface area contributed by atoms with Crippen molar-refractivity contribution in [2.24, 2.45) is 11.8 Å². The van der Waals surface area contributed by atoms with E-state index >= 15 is 0 Å². The molecule has 3 rings (SSSR count). The molecule has 1 N–H and O–H groups in total. The van der Waals surface area contributed by atoms with Gasteiger partial charge in [0.25, 0.3) is 0 Å². The summed E-state index contributed by atoms with van der Waals surface area (Å²) in [4.78, 5) is 22.1. The summed E-state index contributed by atoms with van der Waals surface area (Å²) in [7, 11) is 1.60. The number of ether oxygens (including phenoxy) is 3. The molecule has 1 fully saturated rings. The molecule has 0 aromatic heterocycles. The molecule has 1 atom stereocenters. The summed E-state index contributed by atoms with van der Waals surface area (Å²) in [5.74, 6) is 0.719.